The number of methoxy groups -OCH3 is 1. The van der Waals surface area contributed by atoms with Crippen LogP contribution in [0, 0.1) is 0 Å². The molecule has 0 spiro atoms. The van der Waals surface area contributed by atoms with Crippen LogP contribution in [-0.4, -0.2) is 62.4 Å². The number of imidazole rings is 1. The Balaban J connectivity index is 1.77. The Morgan fingerprint density at radius 2 is 1.94 bits per heavy atom. The van der Waals surface area contributed by atoms with E-state index in [4.69, 9.17) is 24.4 Å². The number of aromatic nitrogens is 6. The van der Waals surface area contributed by atoms with Gasteiger partial charge in [0.1, 0.15) is 11.6 Å². The zero-order valence-corrected chi connectivity index (χ0v) is 18.4. The molecule has 5 rings (SSSR count). The standard InChI is InChI=1S/C23H25N7O2/c1-4-29-21(16-5-7-24-8-6-16)26-19-22(29)27-20(17-11-18(31-3)13-25-12-17)28-23(19)30-9-10-32-14-15(30)2/h5-8,11-13,15H,4,9-10,14H2,1-3H3. The van der Waals surface area contributed by atoms with Gasteiger partial charge in [0.05, 0.1) is 32.6 Å². The van der Waals surface area contributed by atoms with Crippen molar-refractivity contribution in [2.45, 2.75) is 26.4 Å². The van der Waals surface area contributed by atoms with Gasteiger partial charge in [-0.05, 0) is 32.0 Å². The lowest BCUT2D eigenvalue weighted by molar-refractivity contribution is 0.0987. The van der Waals surface area contributed by atoms with E-state index in [-0.39, 0.29) is 6.04 Å². The average Bonchev–Trinajstić information content (AvgIpc) is 3.23. The number of pyridine rings is 2. The SMILES string of the molecule is CCn1c(-c2ccncc2)nc2c(N3CCOCC3C)nc(-c3cncc(OC)c3)nc21. The molecular weight excluding hydrogens is 406 g/mol. The van der Waals surface area contributed by atoms with E-state index in [0.717, 1.165) is 47.0 Å². The molecule has 0 N–H and O–H groups in total. The van der Waals surface area contributed by atoms with E-state index in [1.54, 1.807) is 31.9 Å². The molecule has 4 aromatic heterocycles. The second-order valence-electron chi connectivity index (χ2n) is 7.69. The summed E-state index contributed by atoms with van der Waals surface area (Å²) in [6.45, 7) is 6.99. The highest BCUT2D eigenvalue weighted by Gasteiger charge is 2.27. The number of aryl methyl sites for hydroxylation is 1. The molecule has 9 heteroatoms. The Morgan fingerprint density at radius 1 is 1.09 bits per heavy atom. The number of hydrogen-bond acceptors (Lipinski definition) is 8. The van der Waals surface area contributed by atoms with E-state index >= 15 is 0 Å². The molecule has 1 aliphatic rings. The molecule has 0 radical (unpaired) electrons. The summed E-state index contributed by atoms with van der Waals surface area (Å²) in [7, 11) is 1.62. The monoisotopic (exact) mass is 431 g/mol. The van der Waals surface area contributed by atoms with Crippen molar-refractivity contribution in [2.24, 2.45) is 0 Å². The first-order chi connectivity index (χ1) is 15.7. The van der Waals surface area contributed by atoms with E-state index in [1.807, 2.05) is 18.2 Å². The summed E-state index contributed by atoms with van der Waals surface area (Å²) >= 11 is 0. The molecule has 4 aromatic rings. The van der Waals surface area contributed by atoms with Crippen LogP contribution in [0.1, 0.15) is 13.8 Å². The molecule has 9 nitrogen and oxygen atoms in total. The molecular formula is C23H25N7O2. The number of ether oxygens (including phenoxy) is 2. The predicted octanol–water partition coefficient (Wildman–Crippen LogP) is 3.20. The number of rotatable bonds is 5. The van der Waals surface area contributed by atoms with Crippen LogP contribution < -0.4 is 9.64 Å². The van der Waals surface area contributed by atoms with Crippen LogP contribution in [0.3, 0.4) is 0 Å². The van der Waals surface area contributed by atoms with Crippen LogP contribution in [0.25, 0.3) is 33.9 Å². The third kappa shape index (κ3) is 3.54. The second kappa shape index (κ2) is 8.51. The summed E-state index contributed by atoms with van der Waals surface area (Å²) in [5.74, 6) is 2.91. The Bertz CT molecular complexity index is 1240. The average molecular weight is 432 g/mol. The molecule has 32 heavy (non-hydrogen) atoms. The van der Waals surface area contributed by atoms with Gasteiger partial charge in [0.15, 0.2) is 22.8 Å². The highest BCUT2D eigenvalue weighted by Crippen LogP contribution is 2.33. The number of nitrogens with zero attached hydrogens (tertiary/aromatic N) is 7. The first-order valence-electron chi connectivity index (χ1n) is 10.7. The molecule has 1 saturated heterocycles. The molecule has 1 atom stereocenters. The lowest BCUT2D eigenvalue weighted by Gasteiger charge is -2.34. The van der Waals surface area contributed by atoms with Gasteiger partial charge in [-0.3, -0.25) is 9.97 Å². The van der Waals surface area contributed by atoms with E-state index in [2.05, 4.69) is 33.3 Å². The van der Waals surface area contributed by atoms with Gasteiger partial charge in [0.25, 0.3) is 0 Å². The molecule has 0 aliphatic carbocycles. The van der Waals surface area contributed by atoms with Crippen LogP contribution in [0.2, 0.25) is 0 Å². The zero-order valence-electron chi connectivity index (χ0n) is 18.4. The lowest BCUT2D eigenvalue weighted by atomic mass is 10.2. The molecule has 0 amide bonds. The third-order valence-corrected chi connectivity index (χ3v) is 5.68. The van der Waals surface area contributed by atoms with E-state index < -0.39 is 0 Å². The molecule has 0 aromatic carbocycles. The lowest BCUT2D eigenvalue weighted by Crippen LogP contribution is -2.44. The minimum absolute atomic E-state index is 0.175. The Kier molecular flexibility index (Phi) is 5.40. The van der Waals surface area contributed by atoms with Crippen molar-refractivity contribution < 1.29 is 9.47 Å². The smallest absolute Gasteiger partial charge is 0.166 e. The minimum Gasteiger partial charge on any atom is -0.495 e. The van der Waals surface area contributed by atoms with Gasteiger partial charge >= 0.3 is 0 Å². The summed E-state index contributed by atoms with van der Waals surface area (Å²) in [6, 6.07) is 6.00. The summed E-state index contributed by atoms with van der Waals surface area (Å²) in [6.07, 6.45) is 6.98. The van der Waals surface area contributed by atoms with Crippen LogP contribution in [0.5, 0.6) is 5.75 Å². The minimum atomic E-state index is 0.175. The number of fused-ring (bicyclic) bond motifs is 1. The quantitative estimate of drug-likeness (QED) is 0.476. The molecule has 1 unspecified atom stereocenters. The van der Waals surface area contributed by atoms with Gasteiger partial charge in [0.2, 0.25) is 0 Å². The summed E-state index contributed by atoms with van der Waals surface area (Å²) in [5, 5.41) is 0. The second-order valence-corrected chi connectivity index (χ2v) is 7.69. The fourth-order valence-electron chi connectivity index (χ4n) is 4.03. The third-order valence-electron chi connectivity index (χ3n) is 5.68. The molecule has 0 bridgehead atoms. The van der Waals surface area contributed by atoms with Crippen molar-refractivity contribution in [3.63, 3.8) is 0 Å². The van der Waals surface area contributed by atoms with Crippen molar-refractivity contribution in [1.29, 1.82) is 0 Å². The van der Waals surface area contributed by atoms with Gasteiger partial charge in [-0.2, -0.15) is 0 Å². The fraction of sp³-hybridized carbons (Fsp3) is 0.348. The number of hydrogen-bond donors (Lipinski definition) is 0. The molecule has 164 valence electrons. The van der Waals surface area contributed by atoms with Crippen molar-refractivity contribution in [2.75, 3.05) is 31.8 Å². The Hall–Kier alpha value is -3.59. The maximum atomic E-state index is 5.67. The predicted molar refractivity (Wildman–Crippen MR) is 122 cm³/mol. The summed E-state index contributed by atoms with van der Waals surface area (Å²) in [5.41, 5.74) is 3.36. The zero-order chi connectivity index (χ0) is 22.1. The van der Waals surface area contributed by atoms with Gasteiger partial charge in [-0.1, -0.05) is 0 Å². The number of anilines is 1. The maximum absolute atomic E-state index is 5.67. The van der Waals surface area contributed by atoms with Crippen molar-refractivity contribution in [3.05, 3.63) is 43.0 Å². The van der Waals surface area contributed by atoms with Crippen LogP contribution in [0.15, 0.2) is 43.0 Å². The largest absolute Gasteiger partial charge is 0.495 e. The molecule has 5 heterocycles. The molecule has 0 saturated carbocycles. The Labute approximate surface area is 186 Å². The van der Waals surface area contributed by atoms with E-state index in [1.165, 1.54) is 0 Å². The first-order valence-corrected chi connectivity index (χ1v) is 10.7. The normalized spacial score (nSPS) is 16.5. The van der Waals surface area contributed by atoms with Crippen LogP contribution >= 0.6 is 0 Å². The summed E-state index contributed by atoms with van der Waals surface area (Å²) in [4.78, 5) is 25.6. The fourth-order valence-corrected chi connectivity index (χ4v) is 4.03. The molecule has 1 aliphatic heterocycles. The van der Waals surface area contributed by atoms with Gasteiger partial charge in [-0.15, -0.1) is 0 Å². The van der Waals surface area contributed by atoms with E-state index in [0.29, 0.717) is 24.8 Å². The van der Waals surface area contributed by atoms with Crippen molar-refractivity contribution in [3.8, 4) is 28.5 Å². The number of morpholine rings is 1. The van der Waals surface area contributed by atoms with Gasteiger partial charge in [-0.25, -0.2) is 15.0 Å². The highest BCUT2D eigenvalue weighted by molar-refractivity contribution is 5.89. The van der Waals surface area contributed by atoms with Crippen LogP contribution in [-0.2, 0) is 11.3 Å². The van der Waals surface area contributed by atoms with Gasteiger partial charge in [0, 0.05) is 42.8 Å². The first kappa shape index (κ1) is 20.3. The van der Waals surface area contributed by atoms with E-state index in [9.17, 15) is 0 Å². The van der Waals surface area contributed by atoms with Crippen LogP contribution in [0.4, 0.5) is 5.82 Å². The highest BCUT2D eigenvalue weighted by atomic mass is 16.5. The summed E-state index contributed by atoms with van der Waals surface area (Å²) < 4.78 is 13.2. The van der Waals surface area contributed by atoms with Crippen molar-refractivity contribution in [1.82, 2.24) is 29.5 Å². The van der Waals surface area contributed by atoms with Crippen molar-refractivity contribution >= 4 is 17.0 Å². The van der Waals surface area contributed by atoms with Gasteiger partial charge < -0.3 is 18.9 Å². The molecule has 1 fully saturated rings. The Morgan fingerprint density at radius 3 is 2.69 bits per heavy atom. The maximum Gasteiger partial charge on any atom is 0.166 e. The topological polar surface area (TPSA) is 91.1 Å².